The van der Waals surface area contributed by atoms with E-state index in [2.05, 4.69) is 21.9 Å². The van der Waals surface area contributed by atoms with Crippen molar-refractivity contribution in [1.29, 1.82) is 0 Å². The molecule has 3 aromatic carbocycles. The van der Waals surface area contributed by atoms with Gasteiger partial charge in [-0.25, -0.2) is 0 Å². The molecule has 0 atom stereocenters. The zero-order valence-corrected chi connectivity index (χ0v) is 15.7. The topological polar surface area (TPSA) is 67.2 Å². The van der Waals surface area contributed by atoms with Gasteiger partial charge in [0.25, 0.3) is 0 Å². The molecule has 0 unspecified atom stereocenters. The second-order valence-corrected chi connectivity index (χ2v) is 6.98. The first kappa shape index (κ1) is 16.6. The van der Waals surface area contributed by atoms with E-state index in [0.29, 0.717) is 22.4 Å². The van der Waals surface area contributed by atoms with E-state index in [1.165, 1.54) is 0 Å². The number of anilines is 3. The monoisotopic (exact) mass is 369 g/mol. The van der Waals surface area contributed by atoms with Crippen molar-refractivity contribution in [2.45, 2.75) is 13.8 Å². The highest BCUT2D eigenvalue weighted by Gasteiger charge is 2.32. The molecule has 1 aliphatic rings. The van der Waals surface area contributed by atoms with E-state index in [4.69, 9.17) is 4.52 Å². The van der Waals surface area contributed by atoms with Gasteiger partial charge in [0.1, 0.15) is 5.52 Å². The number of aromatic nitrogens is 1. The van der Waals surface area contributed by atoms with Crippen molar-refractivity contribution in [1.82, 2.24) is 5.16 Å². The predicted octanol–water partition coefficient (Wildman–Crippen LogP) is 5.52. The smallest absolute Gasteiger partial charge is 0.196 e. The zero-order chi connectivity index (χ0) is 19.3. The SMILES string of the molecule is CCNc1cc(Nc2cccc(C)c2)c2c3c(onc13)-c1ccccc1C2=O. The van der Waals surface area contributed by atoms with Crippen LogP contribution in [-0.4, -0.2) is 17.5 Å². The van der Waals surface area contributed by atoms with Gasteiger partial charge in [0.05, 0.1) is 22.3 Å². The molecular formula is C23H19N3O2. The van der Waals surface area contributed by atoms with Crippen molar-refractivity contribution >= 4 is 33.7 Å². The van der Waals surface area contributed by atoms with E-state index >= 15 is 0 Å². The van der Waals surface area contributed by atoms with Crippen LogP contribution in [0.15, 0.2) is 59.1 Å². The highest BCUT2D eigenvalue weighted by Crippen LogP contribution is 2.45. The molecule has 5 heteroatoms. The van der Waals surface area contributed by atoms with Gasteiger partial charge in [-0.15, -0.1) is 0 Å². The molecule has 0 spiro atoms. The number of hydrogen-bond donors (Lipinski definition) is 2. The zero-order valence-electron chi connectivity index (χ0n) is 15.7. The van der Waals surface area contributed by atoms with Crippen molar-refractivity contribution in [2.24, 2.45) is 0 Å². The molecular weight excluding hydrogens is 350 g/mol. The van der Waals surface area contributed by atoms with Crippen LogP contribution in [0, 0.1) is 6.92 Å². The largest absolute Gasteiger partial charge is 0.383 e. The number of nitrogens with one attached hydrogen (secondary N) is 2. The number of ketones is 1. The van der Waals surface area contributed by atoms with E-state index in [0.717, 1.165) is 40.1 Å². The van der Waals surface area contributed by atoms with Gasteiger partial charge < -0.3 is 15.2 Å². The van der Waals surface area contributed by atoms with Crippen LogP contribution in [0.5, 0.6) is 0 Å². The lowest BCUT2D eigenvalue weighted by molar-refractivity contribution is 0.104. The summed E-state index contributed by atoms with van der Waals surface area (Å²) in [6, 6.07) is 17.6. The minimum atomic E-state index is -0.0190. The highest BCUT2D eigenvalue weighted by atomic mass is 16.5. The van der Waals surface area contributed by atoms with E-state index in [1.807, 2.05) is 62.4 Å². The van der Waals surface area contributed by atoms with Crippen LogP contribution in [0.2, 0.25) is 0 Å². The number of aryl methyl sites for hydroxylation is 1. The van der Waals surface area contributed by atoms with Crippen LogP contribution in [0.1, 0.15) is 28.4 Å². The fourth-order valence-electron chi connectivity index (χ4n) is 3.86. The number of benzene rings is 3. The second kappa shape index (κ2) is 6.23. The van der Waals surface area contributed by atoms with E-state index < -0.39 is 0 Å². The number of fused-ring (bicyclic) bond motifs is 2. The fourth-order valence-corrected chi connectivity index (χ4v) is 3.86. The Bertz CT molecular complexity index is 1240. The minimum absolute atomic E-state index is 0.0190. The van der Waals surface area contributed by atoms with Crippen LogP contribution in [-0.2, 0) is 0 Å². The van der Waals surface area contributed by atoms with Crippen molar-refractivity contribution in [3.8, 4) is 11.3 Å². The van der Waals surface area contributed by atoms with Gasteiger partial charge in [-0.3, -0.25) is 4.79 Å². The third-order valence-electron chi connectivity index (χ3n) is 5.06. The summed E-state index contributed by atoms with van der Waals surface area (Å²) >= 11 is 0. The van der Waals surface area contributed by atoms with Crippen molar-refractivity contribution in [3.63, 3.8) is 0 Å². The maximum absolute atomic E-state index is 13.4. The third-order valence-corrected chi connectivity index (χ3v) is 5.06. The van der Waals surface area contributed by atoms with Crippen LogP contribution in [0.3, 0.4) is 0 Å². The van der Waals surface area contributed by atoms with Gasteiger partial charge in [0, 0.05) is 23.4 Å². The molecule has 1 aliphatic carbocycles. The quantitative estimate of drug-likeness (QED) is 0.436. The summed E-state index contributed by atoms with van der Waals surface area (Å²) in [4.78, 5) is 13.4. The molecule has 0 radical (unpaired) electrons. The van der Waals surface area contributed by atoms with E-state index in [-0.39, 0.29) is 5.78 Å². The molecule has 138 valence electrons. The Morgan fingerprint density at radius 1 is 1.00 bits per heavy atom. The second-order valence-electron chi connectivity index (χ2n) is 6.98. The molecule has 1 aromatic heterocycles. The van der Waals surface area contributed by atoms with Gasteiger partial charge >= 0.3 is 0 Å². The maximum Gasteiger partial charge on any atom is 0.196 e. The number of hydrogen-bond acceptors (Lipinski definition) is 5. The predicted molar refractivity (Wildman–Crippen MR) is 112 cm³/mol. The molecule has 0 bridgehead atoms. The number of carbonyl (C=O) groups excluding carboxylic acids is 1. The lowest BCUT2D eigenvalue weighted by Gasteiger charge is -2.19. The van der Waals surface area contributed by atoms with Crippen molar-refractivity contribution < 1.29 is 9.32 Å². The molecule has 5 nitrogen and oxygen atoms in total. The molecule has 1 heterocycles. The van der Waals surface area contributed by atoms with Crippen LogP contribution >= 0.6 is 0 Å². The minimum Gasteiger partial charge on any atom is -0.383 e. The third kappa shape index (κ3) is 2.40. The fraction of sp³-hybridized carbons (Fsp3) is 0.130. The summed E-state index contributed by atoms with van der Waals surface area (Å²) in [5.41, 5.74) is 6.39. The lowest BCUT2D eigenvalue weighted by Crippen LogP contribution is -2.12. The lowest BCUT2D eigenvalue weighted by atomic mass is 9.86. The maximum atomic E-state index is 13.4. The van der Waals surface area contributed by atoms with Gasteiger partial charge in [0.15, 0.2) is 11.5 Å². The molecule has 0 amide bonds. The molecule has 0 saturated heterocycles. The summed E-state index contributed by atoms with van der Waals surface area (Å²) in [5.74, 6) is 0.627. The average molecular weight is 369 g/mol. The van der Waals surface area contributed by atoms with Crippen molar-refractivity contribution in [3.05, 3.63) is 71.3 Å². The Labute approximate surface area is 162 Å². The summed E-state index contributed by atoms with van der Waals surface area (Å²) in [5, 5.41) is 11.8. The van der Waals surface area contributed by atoms with Gasteiger partial charge in [-0.2, -0.15) is 0 Å². The van der Waals surface area contributed by atoms with E-state index in [1.54, 1.807) is 0 Å². The number of nitrogens with zero attached hydrogens (tertiary/aromatic N) is 1. The Morgan fingerprint density at radius 2 is 1.82 bits per heavy atom. The molecule has 0 aliphatic heterocycles. The van der Waals surface area contributed by atoms with Gasteiger partial charge in [-0.05, 0) is 37.6 Å². The molecule has 0 fully saturated rings. The highest BCUT2D eigenvalue weighted by molar-refractivity contribution is 6.28. The Hall–Kier alpha value is -3.60. The number of rotatable bonds is 4. The molecule has 5 rings (SSSR count). The Balaban J connectivity index is 1.80. The summed E-state index contributed by atoms with van der Waals surface area (Å²) in [6.07, 6.45) is 0. The van der Waals surface area contributed by atoms with Crippen LogP contribution in [0.25, 0.3) is 22.2 Å². The van der Waals surface area contributed by atoms with Crippen LogP contribution < -0.4 is 10.6 Å². The van der Waals surface area contributed by atoms with Gasteiger partial charge in [0.2, 0.25) is 0 Å². The summed E-state index contributed by atoms with van der Waals surface area (Å²) in [6.45, 7) is 4.81. The molecule has 4 aromatic rings. The summed E-state index contributed by atoms with van der Waals surface area (Å²) < 4.78 is 5.71. The average Bonchev–Trinajstić information content (AvgIpc) is 3.13. The first-order valence-corrected chi connectivity index (χ1v) is 9.35. The molecule has 2 N–H and O–H groups in total. The van der Waals surface area contributed by atoms with Crippen LogP contribution in [0.4, 0.5) is 17.1 Å². The standard InChI is InChI=1S/C23H19N3O2/c1-3-24-18-12-17(25-14-8-6-7-13(2)11-14)19-20-21(18)26-28-23(20)16-10-5-4-9-15(16)22(19)27/h4-12,24-25H,3H2,1-2H3. The normalized spacial score (nSPS) is 12.1. The first-order valence-electron chi connectivity index (χ1n) is 9.35. The first-order chi connectivity index (χ1) is 13.7. The van der Waals surface area contributed by atoms with Gasteiger partial charge in [-0.1, -0.05) is 41.6 Å². The molecule has 0 saturated carbocycles. The summed E-state index contributed by atoms with van der Waals surface area (Å²) in [7, 11) is 0. The Morgan fingerprint density at radius 3 is 2.61 bits per heavy atom. The van der Waals surface area contributed by atoms with Crippen molar-refractivity contribution in [2.75, 3.05) is 17.2 Å². The van der Waals surface area contributed by atoms with E-state index in [9.17, 15) is 4.79 Å². The molecule has 28 heavy (non-hydrogen) atoms. The number of carbonyl (C=O) groups is 1. The Kier molecular flexibility index (Phi) is 3.69.